The number of aromatic nitrogens is 1. The number of aryl methyl sites for hydroxylation is 1. The molecule has 0 aliphatic carbocycles. The first-order valence-corrected chi connectivity index (χ1v) is 11.7. The summed E-state index contributed by atoms with van der Waals surface area (Å²) in [5.74, 6) is -0.400. The number of piperidine rings is 1. The van der Waals surface area contributed by atoms with Crippen molar-refractivity contribution in [1.29, 1.82) is 0 Å². The molecule has 0 unspecified atom stereocenters. The Morgan fingerprint density at radius 2 is 1.84 bits per heavy atom. The second-order valence-corrected chi connectivity index (χ2v) is 9.81. The molecule has 0 atom stereocenters. The van der Waals surface area contributed by atoms with E-state index in [-0.39, 0.29) is 22.3 Å². The Labute approximate surface area is 180 Å². The summed E-state index contributed by atoms with van der Waals surface area (Å²) in [5, 5.41) is 2.93. The zero-order valence-corrected chi connectivity index (χ0v) is 18.1. The van der Waals surface area contributed by atoms with Gasteiger partial charge in [0.15, 0.2) is 5.58 Å². The standard InChI is InChI=1S/C22H25N3O5S/c1-24-19-8-7-18(14-20(19)30-22(24)27)31(28,29)25-11-9-16(10-12-25)13-21(26)23-15-17-5-3-2-4-6-17/h2-8,14,16H,9-13,15H2,1H3,(H,23,26). The molecule has 1 aliphatic rings. The van der Waals surface area contributed by atoms with Crippen LogP contribution in [0.25, 0.3) is 11.1 Å². The number of fused-ring (bicyclic) bond motifs is 1. The van der Waals surface area contributed by atoms with Gasteiger partial charge in [0.25, 0.3) is 0 Å². The van der Waals surface area contributed by atoms with E-state index in [1.54, 1.807) is 13.1 Å². The van der Waals surface area contributed by atoms with E-state index in [0.29, 0.717) is 44.4 Å². The van der Waals surface area contributed by atoms with Crippen LogP contribution in [0.2, 0.25) is 0 Å². The van der Waals surface area contributed by atoms with Crippen molar-refractivity contribution < 1.29 is 17.6 Å². The molecule has 0 spiro atoms. The first kappa shape index (κ1) is 21.3. The molecule has 2 heterocycles. The van der Waals surface area contributed by atoms with Crippen molar-refractivity contribution in [2.45, 2.75) is 30.7 Å². The molecule has 31 heavy (non-hydrogen) atoms. The van der Waals surface area contributed by atoms with Crippen LogP contribution in [0.1, 0.15) is 24.8 Å². The van der Waals surface area contributed by atoms with E-state index in [9.17, 15) is 18.0 Å². The van der Waals surface area contributed by atoms with Gasteiger partial charge in [-0.15, -0.1) is 0 Å². The van der Waals surface area contributed by atoms with E-state index >= 15 is 0 Å². The normalized spacial score (nSPS) is 15.9. The fraction of sp³-hybridized carbons (Fsp3) is 0.364. The maximum absolute atomic E-state index is 13.0. The monoisotopic (exact) mass is 443 g/mol. The van der Waals surface area contributed by atoms with Crippen LogP contribution in [-0.4, -0.2) is 36.3 Å². The molecule has 2 aromatic carbocycles. The SMILES string of the molecule is Cn1c(=O)oc2cc(S(=O)(=O)N3CCC(CC(=O)NCc4ccccc4)CC3)ccc21. The Balaban J connectivity index is 1.34. The Kier molecular flexibility index (Phi) is 5.97. The largest absolute Gasteiger partial charge is 0.419 e. The van der Waals surface area contributed by atoms with Gasteiger partial charge in [-0.3, -0.25) is 9.36 Å². The lowest BCUT2D eigenvalue weighted by molar-refractivity contribution is -0.122. The second-order valence-electron chi connectivity index (χ2n) is 7.87. The van der Waals surface area contributed by atoms with Crippen molar-refractivity contribution in [2.75, 3.05) is 13.1 Å². The number of sulfonamides is 1. The van der Waals surface area contributed by atoms with Crippen LogP contribution in [0.3, 0.4) is 0 Å². The second kappa shape index (κ2) is 8.68. The van der Waals surface area contributed by atoms with Crippen molar-refractivity contribution >= 4 is 27.0 Å². The molecule has 1 N–H and O–H groups in total. The fourth-order valence-electron chi connectivity index (χ4n) is 3.91. The maximum atomic E-state index is 13.0. The van der Waals surface area contributed by atoms with Crippen molar-refractivity contribution in [1.82, 2.24) is 14.2 Å². The number of carbonyl (C=O) groups excluding carboxylic acids is 1. The van der Waals surface area contributed by atoms with Crippen LogP contribution in [0.5, 0.6) is 0 Å². The van der Waals surface area contributed by atoms with Crippen LogP contribution in [0.4, 0.5) is 0 Å². The number of hydrogen-bond acceptors (Lipinski definition) is 5. The molecular formula is C22H25N3O5S. The molecule has 0 bridgehead atoms. The predicted octanol–water partition coefficient (Wildman–Crippen LogP) is 2.24. The Morgan fingerprint density at radius 3 is 2.55 bits per heavy atom. The van der Waals surface area contributed by atoms with Gasteiger partial charge in [0.2, 0.25) is 15.9 Å². The van der Waals surface area contributed by atoms with E-state index in [1.165, 1.54) is 21.0 Å². The van der Waals surface area contributed by atoms with Crippen molar-refractivity contribution in [3.8, 4) is 0 Å². The minimum absolute atomic E-state index is 0.0188. The van der Waals surface area contributed by atoms with Gasteiger partial charge in [-0.2, -0.15) is 4.31 Å². The minimum atomic E-state index is -3.69. The predicted molar refractivity (Wildman–Crippen MR) is 116 cm³/mol. The summed E-state index contributed by atoms with van der Waals surface area (Å²) in [7, 11) is -2.12. The van der Waals surface area contributed by atoms with Crippen LogP contribution in [0, 0.1) is 5.92 Å². The highest BCUT2D eigenvalue weighted by Gasteiger charge is 2.30. The number of rotatable bonds is 6. The van der Waals surface area contributed by atoms with Gasteiger partial charge in [-0.1, -0.05) is 30.3 Å². The molecule has 1 amide bonds. The number of benzene rings is 2. The number of nitrogens with one attached hydrogen (secondary N) is 1. The van der Waals surface area contributed by atoms with Gasteiger partial charge in [0.05, 0.1) is 10.4 Å². The van der Waals surface area contributed by atoms with Crippen LogP contribution < -0.4 is 11.1 Å². The molecule has 1 fully saturated rings. The van der Waals surface area contributed by atoms with Gasteiger partial charge >= 0.3 is 5.76 Å². The van der Waals surface area contributed by atoms with Crippen LogP contribution in [-0.2, 0) is 28.4 Å². The zero-order chi connectivity index (χ0) is 22.0. The van der Waals surface area contributed by atoms with Crippen molar-refractivity contribution in [3.63, 3.8) is 0 Å². The lowest BCUT2D eigenvalue weighted by atomic mass is 9.94. The van der Waals surface area contributed by atoms with Crippen molar-refractivity contribution in [2.24, 2.45) is 13.0 Å². The van der Waals surface area contributed by atoms with E-state index in [4.69, 9.17) is 4.42 Å². The van der Waals surface area contributed by atoms with Gasteiger partial charge < -0.3 is 9.73 Å². The summed E-state index contributed by atoms with van der Waals surface area (Å²) in [6.45, 7) is 1.20. The van der Waals surface area contributed by atoms with Gasteiger partial charge in [-0.25, -0.2) is 13.2 Å². The quantitative estimate of drug-likeness (QED) is 0.630. The summed E-state index contributed by atoms with van der Waals surface area (Å²) in [4.78, 5) is 24.0. The molecule has 4 rings (SSSR count). The third kappa shape index (κ3) is 4.57. The number of nitrogens with zero attached hydrogens (tertiary/aromatic N) is 2. The number of hydrogen-bond donors (Lipinski definition) is 1. The van der Waals surface area contributed by atoms with Gasteiger partial charge in [0, 0.05) is 39.2 Å². The summed E-state index contributed by atoms with van der Waals surface area (Å²) >= 11 is 0. The molecule has 9 heteroatoms. The lowest BCUT2D eigenvalue weighted by Crippen LogP contribution is -2.39. The summed E-state index contributed by atoms with van der Waals surface area (Å²) in [5.41, 5.74) is 1.84. The molecule has 0 saturated carbocycles. The van der Waals surface area contributed by atoms with Gasteiger partial charge in [0.1, 0.15) is 0 Å². The average Bonchev–Trinajstić information content (AvgIpc) is 3.06. The highest BCUT2D eigenvalue weighted by molar-refractivity contribution is 7.89. The van der Waals surface area contributed by atoms with E-state index in [2.05, 4.69) is 5.32 Å². The Bertz CT molecular complexity index is 1240. The number of carbonyl (C=O) groups is 1. The van der Waals surface area contributed by atoms with E-state index in [1.807, 2.05) is 30.3 Å². The number of oxazole rings is 1. The summed E-state index contributed by atoms with van der Waals surface area (Å²) in [6.07, 6.45) is 1.64. The smallest absolute Gasteiger partial charge is 0.408 e. The Hall–Kier alpha value is -2.91. The topological polar surface area (TPSA) is 102 Å². The molecule has 164 valence electrons. The highest BCUT2D eigenvalue weighted by atomic mass is 32.2. The molecule has 8 nitrogen and oxygen atoms in total. The Morgan fingerprint density at radius 1 is 1.13 bits per heavy atom. The van der Waals surface area contributed by atoms with Gasteiger partial charge in [-0.05, 0) is 36.5 Å². The molecule has 3 aromatic rings. The lowest BCUT2D eigenvalue weighted by Gasteiger charge is -2.31. The van der Waals surface area contributed by atoms with E-state index < -0.39 is 15.8 Å². The summed E-state index contributed by atoms with van der Waals surface area (Å²) in [6, 6.07) is 14.2. The molecular weight excluding hydrogens is 418 g/mol. The molecule has 1 aliphatic heterocycles. The summed E-state index contributed by atoms with van der Waals surface area (Å²) < 4.78 is 34.0. The minimum Gasteiger partial charge on any atom is -0.408 e. The average molecular weight is 444 g/mol. The first-order valence-electron chi connectivity index (χ1n) is 10.2. The maximum Gasteiger partial charge on any atom is 0.419 e. The third-order valence-electron chi connectivity index (χ3n) is 5.78. The first-order chi connectivity index (χ1) is 14.8. The van der Waals surface area contributed by atoms with Crippen LogP contribution in [0.15, 0.2) is 62.6 Å². The van der Waals surface area contributed by atoms with E-state index in [0.717, 1.165) is 5.56 Å². The number of amides is 1. The fourth-order valence-corrected chi connectivity index (χ4v) is 5.39. The molecule has 1 saturated heterocycles. The van der Waals surface area contributed by atoms with Crippen LogP contribution >= 0.6 is 0 Å². The zero-order valence-electron chi connectivity index (χ0n) is 17.3. The third-order valence-corrected chi connectivity index (χ3v) is 7.68. The molecule has 0 radical (unpaired) electrons. The molecule has 1 aromatic heterocycles. The van der Waals surface area contributed by atoms with Crippen molar-refractivity contribution in [3.05, 3.63) is 64.6 Å². The highest BCUT2D eigenvalue weighted by Crippen LogP contribution is 2.27.